The molecule has 0 bridgehead atoms. The van der Waals surface area contributed by atoms with Crippen molar-refractivity contribution in [3.8, 4) is 0 Å². The number of aromatic carboxylic acids is 1. The van der Waals surface area contributed by atoms with E-state index in [1.54, 1.807) is 0 Å². The Morgan fingerprint density at radius 2 is 2.22 bits per heavy atom. The molecule has 0 saturated heterocycles. The van der Waals surface area contributed by atoms with Crippen LogP contribution in [0.5, 0.6) is 0 Å². The molecule has 0 aliphatic heterocycles. The van der Waals surface area contributed by atoms with E-state index in [1.807, 2.05) is 6.92 Å². The molecule has 1 heterocycles. The summed E-state index contributed by atoms with van der Waals surface area (Å²) >= 11 is 0. The van der Waals surface area contributed by atoms with Gasteiger partial charge in [-0.15, -0.1) is 0 Å². The predicted molar refractivity (Wildman–Crippen MR) is 67.3 cm³/mol. The van der Waals surface area contributed by atoms with E-state index in [4.69, 9.17) is 10.8 Å². The number of rotatable bonds is 6. The number of nitrogens with zero attached hydrogens (tertiary/aromatic N) is 1. The van der Waals surface area contributed by atoms with Crippen molar-refractivity contribution in [2.75, 3.05) is 11.9 Å². The summed E-state index contributed by atoms with van der Waals surface area (Å²) in [6.45, 7) is 2.28. The van der Waals surface area contributed by atoms with Gasteiger partial charge < -0.3 is 16.2 Å². The quantitative estimate of drug-likeness (QED) is 0.702. The van der Waals surface area contributed by atoms with Gasteiger partial charge in [-0.1, -0.05) is 13.3 Å². The monoisotopic (exact) mass is 251 g/mol. The number of hydrogen-bond donors (Lipinski definition) is 3. The molecule has 0 aromatic carbocycles. The molecule has 6 nitrogen and oxygen atoms in total. The lowest BCUT2D eigenvalue weighted by atomic mass is 10.0. The van der Waals surface area contributed by atoms with Crippen LogP contribution in [0.4, 0.5) is 5.69 Å². The first-order chi connectivity index (χ1) is 8.58. The minimum Gasteiger partial charge on any atom is -0.477 e. The number of hydrogen-bond acceptors (Lipinski definition) is 4. The Kier molecular flexibility index (Phi) is 5.26. The van der Waals surface area contributed by atoms with Gasteiger partial charge in [0.05, 0.1) is 17.8 Å². The van der Waals surface area contributed by atoms with E-state index >= 15 is 0 Å². The van der Waals surface area contributed by atoms with Crippen LogP contribution in [0.3, 0.4) is 0 Å². The Morgan fingerprint density at radius 1 is 1.50 bits per heavy atom. The minimum absolute atomic E-state index is 0.0584. The van der Waals surface area contributed by atoms with Crippen LogP contribution in [-0.2, 0) is 4.79 Å². The van der Waals surface area contributed by atoms with Crippen LogP contribution in [-0.4, -0.2) is 28.5 Å². The van der Waals surface area contributed by atoms with Crippen molar-refractivity contribution in [1.82, 2.24) is 4.98 Å². The van der Waals surface area contributed by atoms with Crippen molar-refractivity contribution >= 4 is 17.6 Å². The van der Waals surface area contributed by atoms with Gasteiger partial charge in [-0.2, -0.15) is 0 Å². The highest BCUT2D eigenvalue weighted by atomic mass is 16.4. The first-order valence-corrected chi connectivity index (χ1v) is 5.78. The van der Waals surface area contributed by atoms with E-state index in [2.05, 4.69) is 10.3 Å². The molecule has 4 N–H and O–H groups in total. The Balaban J connectivity index is 2.66. The molecule has 6 heteroatoms. The minimum atomic E-state index is -1.10. The molecule has 1 amide bonds. The van der Waals surface area contributed by atoms with E-state index in [0.717, 1.165) is 12.8 Å². The number of carboxylic acid groups (broad SMARTS) is 1. The Labute approximate surface area is 105 Å². The summed E-state index contributed by atoms with van der Waals surface area (Å²) in [6.07, 6.45) is 2.93. The number of amides is 1. The van der Waals surface area contributed by atoms with Gasteiger partial charge in [-0.3, -0.25) is 4.79 Å². The molecule has 0 aliphatic carbocycles. The van der Waals surface area contributed by atoms with Crippen molar-refractivity contribution in [1.29, 1.82) is 0 Å². The number of aromatic nitrogens is 1. The second-order valence-corrected chi connectivity index (χ2v) is 3.95. The first kappa shape index (κ1) is 14.1. The lowest BCUT2D eigenvalue weighted by molar-refractivity contribution is -0.119. The van der Waals surface area contributed by atoms with Crippen molar-refractivity contribution < 1.29 is 14.7 Å². The predicted octanol–water partition coefficient (Wildman–Crippen LogP) is 1.09. The van der Waals surface area contributed by atoms with E-state index < -0.39 is 5.97 Å². The van der Waals surface area contributed by atoms with Gasteiger partial charge in [0.15, 0.2) is 0 Å². The number of nitrogens with two attached hydrogens (primary N) is 1. The van der Waals surface area contributed by atoms with Gasteiger partial charge in [0, 0.05) is 6.54 Å². The Morgan fingerprint density at radius 3 is 2.67 bits per heavy atom. The van der Waals surface area contributed by atoms with Crippen LogP contribution in [0.15, 0.2) is 18.3 Å². The van der Waals surface area contributed by atoms with Crippen LogP contribution in [0.25, 0.3) is 0 Å². The average Bonchev–Trinajstić information content (AvgIpc) is 2.36. The Hall–Kier alpha value is -1.95. The molecule has 1 unspecified atom stereocenters. The maximum atomic E-state index is 11.8. The smallest absolute Gasteiger partial charge is 0.354 e. The summed E-state index contributed by atoms with van der Waals surface area (Å²) in [7, 11) is 0. The van der Waals surface area contributed by atoms with Gasteiger partial charge >= 0.3 is 5.97 Å². The fourth-order valence-corrected chi connectivity index (χ4v) is 1.54. The highest BCUT2D eigenvalue weighted by molar-refractivity contribution is 5.93. The van der Waals surface area contributed by atoms with Crippen molar-refractivity contribution in [3.05, 3.63) is 24.0 Å². The van der Waals surface area contributed by atoms with Crippen LogP contribution in [0, 0.1) is 5.92 Å². The summed E-state index contributed by atoms with van der Waals surface area (Å²) in [5.41, 5.74) is 5.94. The van der Waals surface area contributed by atoms with E-state index in [9.17, 15) is 9.59 Å². The molecule has 18 heavy (non-hydrogen) atoms. The third kappa shape index (κ3) is 3.81. The molecule has 0 spiro atoms. The largest absolute Gasteiger partial charge is 0.477 e. The zero-order valence-electron chi connectivity index (χ0n) is 10.2. The van der Waals surface area contributed by atoms with Crippen LogP contribution in [0.1, 0.15) is 30.3 Å². The molecular weight excluding hydrogens is 234 g/mol. The van der Waals surface area contributed by atoms with Gasteiger partial charge in [0.1, 0.15) is 5.69 Å². The molecule has 1 aromatic rings. The highest BCUT2D eigenvalue weighted by Gasteiger charge is 2.16. The standard InChI is InChI=1S/C12H17N3O3/c1-2-3-8(6-13)11(16)15-9-4-5-10(12(17)18)14-7-9/h4-5,7-8H,2-3,6,13H2,1H3,(H,15,16)(H,17,18). The number of anilines is 1. The van der Waals surface area contributed by atoms with Gasteiger partial charge in [0.25, 0.3) is 0 Å². The third-order valence-corrected chi connectivity index (χ3v) is 2.54. The number of pyridine rings is 1. The molecule has 1 atom stereocenters. The van der Waals surface area contributed by atoms with E-state index in [1.165, 1.54) is 18.3 Å². The lowest BCUT2D eigenvalue weighted by Gasteiger charge is -2.13. The molecular formula is C12H17N3O3. The lowest BCUT2D eigenvalue weighted by Crippen LogP contribution is -2.29. The molecule has 98 valence electrons. The fraction of sp³-hybridized carbons (Fsp3) is 0.417. The second kappa shape index (κ2) is 6.70. The maximum Gasteiger partial charge on any atom is 0.354 e. The summed E-state index contributed by atoms with van der Waals surface area (Å²) in [5.74, 6) is -1.49. The molecule has 1 aromatic heterocycles. The van der Waals surface area contributed by atoms with Crippen LogP contribution in [0.2, 0.25) is 0 Å². The summed E-state index contributed by atoms with van der Waals surface area (Å²) in [6, 6.07) is 2.85. The number of carbonyl (C=O) groups is 2. The van der Waals surface area contributed by atoms with Crippen molar-refractivity contribution in [3.63, 3.8) is 0 Å². The topological polar surface area (TPSA) is 105 Å². The zero-order valence-corrected chi connectivity index (χ0v) is 10.2. The normalized spacial score (nSPS) is 11.9. The third-order valence-electron chi connectivity index (χ3n) is 2.54. The summed E-state index contributed by atoms with van der Waals surface area (Å²) in [4.78, 5) is 26.1. The van der Waals surface area contributed by atoms with Crippen molar-refractivity contribution in [2.45, 2.75) is 19.8 Å². The van der Waals surface area contributed by atoms with Gasteiger partial charge in [0.2, 0.25) is 5.91 Å². The number of nitrogens with one attached hydrogen (secondary N) is 1. The molecule has 0 radical (unpaired) electrons. The van der Waals surface area contributed by atoms with Gasteiger partial charge in [-0.05, 0) is 18.6 Å². The highest BCUT2D eigenvalue weighted by Crippen LogP contribution is 2.11. The zero-order chi connectivity index (χ0) is 13.5. The maximum absolute atomic E-state index is 11.8. The van der Waals surface area contributed by atoms with Crippen LogP contribution < -0.4 is 11.1 Å². The first-order valence-electron chi connectivity index (χ1n) is 5.78. The van der Waals surface area contributed by atoms with Gasteiger partial charge in [-0.25, -0.2) is 9.78 Å². The molecule has 0 fully saturated rings. The second-order valence-electron chi connectivity index (χ2n) is 3.95. The van der Waals surface area contributed by atoms with E-state index in [0.29, 0.717) is 12.2 Å². The number of carboxylic acids is 1. The summed E-state index contributed by atoms with van der Waals surface area (Å²) in [5, 5.41) is 11.4. The molecule has 0 saturated carbocycles. The number of carbonyl (C=O) groups excluding carboxylic acids is 1. The molecule has 0 aliphatic rings. The van der Waals surface area contributed by atoms with Crippen molar-refractivity contribution in [2.24, 2.45) is 11.7 Å². The summed E-state index contributed by atoms with van der Waals surface area (Å²) < 4.78 is 0. The Bertz CT molecular complexity index is 417. The van der Waals surface area contributed by atoms with E-state index in [-0.39, 0.29) is 17.5 Å². The average molecular weight is 251 g/mol. The van der Waals surface area contributed by atoms with Crippen LogP contribution >= 0.6 is 0 Å². The SMILES string of the molecule is CCCC(CN)C(=O)Nc1ccc(C(=O)O)nc1. The molecule has 1 rings (SSSR count). The fourth-order valence-electron chi connectivity index (χ4n) is 1.54.